The molecular formula is C16H31N3O2. The predicted octanol–water partition coefficient (Wildman–Crippen LogP) is 1.93. The van der Waals surface area contributed by atoms with E-state index in [0.717, 1.165) is 44.9 Å². The van der Waals surface area contributed by atoms with E-state index in [-0.39, 0.29) is 6.09 Å². The number of rotatable bonds is 5. The molecule has 5 nitrogen and oxygen atoms in total. The van der Waals surface area contributed by atoms with Crippen LogP contribution in [0.25, 0.3) is 0 Å². The Bertz CT molecular complexity index is 309. The molecule has 0 aromatic heterocycles. The van der Waals surface area contributed by atoms with Crippen LogP contribution in [0.4, 0.5) is 4.79 Å². The van der Waals surface area contributed by atoms with E-state index in [1.165, 1.54) is 25.9 Å². The number of amides is 1. The first kappa shape index (κ1) is 16.6. The molecule has 21 heavy (non-hydrogen) atoms. The number of piperidine rings is 2. The summed E-state index contributed by atoms with van der Waals surface area (Å²) in [7, 11) is 0. The van der Waals surface area contributed by atoms with Gasteiger partial charge in [-0.2, -0.15) is 0 Å². The van der Waals surface area contributed by atoms with Gasteiger partial charge in [-0.15, -0.1) is 0 Å². The second-order valence-corrected chi connectivity index (χ2v) is 6.44. The zero-order valence-electron chi connectivity index (χ0n) is 13.6. The van der Waals surface area contributed by atoms with Gasteiger partial charge in [0.15, 0.2) is 0 Å². The summed E-state index contributed by atoms with van der Waals surface area (Å²) in [5.74, 6) is 0.904. The summed E-state index contributed by atoms with van der Waals surface area (Å²) in [6.45, 7) is 11.0. The molecule has 0 atom stereocenters. The van der Waals surface area contributed by atoms with Gasteiger partial charge in [-0.3, -0.25) is 0 Å². The van der Waals surface area contributed by atoms with Crippen LogP contribution in [0, 0.1) is 5.92 Å². The van der Waals surface area contributed by atoms with Crippen LogP contribution in [-0.2, 0) is 4.74 Å². The van der Waals surface area contributed by atoms with Gasteiger partial charge in [0.25, 0.3) is 0 Å². The van der Waals surface area contributed by atoms with Crippen molar-refractivity contribution in [2.45, 2.75) is 45.6 Å². The van der Waals surface area contributed by atoms with Crippen molar-refractivity contribution in [1.82, 2.24) is 15.1 Å². The Morgan fingerprint density at radius 3 is 2.43 bits per heavy atom. The van der Waals surface area contributed by atoms with Crippen molar-refractivity contribution >= 4 is 6.09 Å². The van der Waals surface area contributed by atoms with E-state index in [1.54, 1.807) is 0 Å². The Morgan fingerprint density at radius 1 is 1.14 bits per heavy atom. The summed E-state index contributed by atoms with van der Waals surface area (Å²) in [4.78, 5) is 16.0. The molecule has 2 aliphatic rings. The fraction of sp³-hybridized carbons (Fsp3) is 0.938. The van der Waals surface area contributed by atoms with Crippen molar-refractivity contribution in [2.24, 2.45) is 5.92 Å². The first-order valence-electron chi connectivity index (χ1n) is 8.56. The molecule has 0 radical (unpaired) electrons. The van der Waals surface area contributed by atoms with Crippen molar-refractivity contribution in [3.05, 3.63) is 0 Å². The Balaban J connectivity index is 1.56. The molecule has 0 aromatic rings. The molecule has 0 aromatic carbocycles. The lowest BCUT2D eigenvalue weighted by molar-refractivity contribution is 0.0946. The average molecular weight is 297 g/mol. The van der Waals surface area contributed by atoms with Crippen LogP contribution in [0.3, 0.4) is 0 Å². The topological polar surface area (TPSA) is 44.8 Å². The van der Waals surface area contributed by atoms with Crippen LogP contribution >= 0.6 is 0 Å². The minimum Gasteiger partial charge on any atom is -0.450 e. The van der Waals surface area contributed by atoms with Gasteiger partial charge in [0.2, 0.25) is 0 Å². The molecule has 2 aliphatic heterocycles. The lowest BCUT2D eigenvalue weighted by Gasteiger charge is -2.33. The molecule has 0 spiro atoms. The highest BCUT2D eigenvalue weighted by Gasteiger charge is 2.23. The van der Waals surface area contributed by atoms with E-state index in [4.69, 9.17) is 4.74 Å². The quantitative estimate of drug-likeness (QED) is 0.842. The SMILES string of the molecule is CCOC(=O)N1CCC(NCCN2CCC(C)CC2)CC1. The molecule has 0 bridgehead atoms. The zero-order valence-corrected chi connectivity index (χ0v) is 13.6. The second kappa shape index (κ2) is 8.59. The second-order valence-electron chi connectivity index (χ2n) is 6.44. The van der Waals surface area contributed by atoms with Gasteiger partial charge in [0, 0.05) is 32.2 Å². The van der Waals surface area contributed by atoms with Crippen LogP contribution in [0.1, 0.15) is 39.5 Å². The molecule has 1 N–H and O–H groups in total. The third kappa shape index (κ3) is 5.47. The smallest absolute Gasteiger partial charge is 0.409 e. The summed E-state index contributed by atoms with van der Waals surface area (Å²) in [5.41, 5.74) is 0. The molecule has 2 saturated heterocycles. The highest BCUT2D eigenvalue weighted by molar-refractivity contribution is 5.67. The van der Waals surface area contributed by atoms with E-state index >= 15 is 0 Å². The summed E-state index contributed by atoms with van der Waals surface area (Å²) < 4.78 is 5.05. The van der Waals surface area contributed by atoms with Gasteiger partial charge < -0.3 is 19.9 Å². The van der Waals surface area contributed by atoms with Crippen LogP contribution in [0.15, 0.2) is 0 Å². The van der Waals surface area contributed by atoms with Gasteiger partial charge in [-0.1, -0.05) is 6.92 Å². The van der Waals surface area contributed by atoms with Gasteiger partial charge >= 0.3 is 6.09 Å². The molecular weight excluding hydrogens is 266 g/mol. The number of hydrogen-bond acceptors (Lipinski definition) is 4. The lowest BCUT2D eigenvalue weighted by Crippen LogP contribution is -2.47. The molecule has 1 amide bonds. The first-order chi connectivity index (χ1) is 10.2. The van der Waals surface area contributed by atoms with Crippen LogP contribution < -0.4 is 5.32 Å². The van der Waals surface area contributed by atoms with Crippen molar-refractivity contribution in [1.29, 1.82) is 0 Å². The van der Waals surface area contributed by atoms with Crippen molar-refractivity contribution in [3.63, 3.8) is 0 Å². The van der Waals surface area contributed by atoms with E-state index < -0.39 is 0 Å². The molecule has 2 fully saturated rings. The predicted molar refractivity (Wildman–Crippen MR) is 84.5 cm³/mol. The Hall–Kier alpha value is -0.810. The van der Waals surface area contributed by atoms with Crippen LogP contribution in [0.2, 0.25) is 0 Å². The monoisotopic (exact) mass is 297 g/mol. The summed E-state index contributed by atoms with van der Waals surface area (Å²) in [6, 6.07) is 0.555. The number of carbonyl (C=O) groups is 1. The van der Waals surface area contributed by atoms with Crippen LogP contribution in [-0.4, -0.2) is 67.8 Å². The van der Waals surface area contributed by atoms with Gasteiger partial charge in [0.05, 0.1) is 6.61 Å². The summed E-state index contributed by atoms with van der Waals surface area (Å²) in [5, 5.41) is 3.65. The third-order valence-corrected chi connectivity index (χ3v) is 4.76. The molecule has 122 valence electrons. The van der Waals surface area contributed by atoms with Crippen molar-refractivity contribution < 1.29 is 9.53 Å². The van der Waals surface area contributed by atoms with E-state index in [1.807, 2.05) is 11.8 Å². The molecule has 0 saturated carbocycles. The minimum absolute atomic E-state index is 0.154. The maximum Gasteiger partial charge on any atom is 0.409 e. The zero-order chi connectivity index (χ0) is 15.1. The number of nitrogens with one attached hydrogen (secondary N) is 1. The normalized spacial score (nSPS) is 22.5. The van der Waals surface area contributed by atoms with Crippen molar-refractivity contribution in [2.75, 3.05) is 45.9 Å². The molecule has 0 aliphatic carbocycles. The Morgan fingerprint density at radius 2 is 1.81 bits per heavy atom. The highest BCUT2D eigenvalue weighted by atomic mass is 16.6. The van der Waals surface area contributed by atoms with Gasteiger partial charge in [-0.05, 0) is 51.6 Å². The number of nitrogens with zero attached hydrogens (tertiary/aromatic N) is 2. The Labute approximate surface area is 129 Å². The standard InChI is InChI=1S/C16H31N3O2/c1-3-21-16(20)19-11-6-15(7-12-19)17-8-13-18-9-4-14(2)5-10-18/h14-15,17H,3-13H2,1-2H3. The number of hydrogen-bond donors (Lipinski definition) is 1. The highest BCUT2D eigenvalue weighted by Crippen LogP contribution is 2.15. The fourth-order valence-corrected chi connectivity index (χ4v) is 3.19. The van der Waals surface area contributed by atoms with Gasteiger partial charge in [-0.25, -0.2) is 4.79 Å². The van der Waals surface area contributed by atoms with Crippen LogP contribution in [0.5, 0.6) is 0 Å². The number of carbonyl (C=O) groups excluding carboxylic acids is 1. The summed E-state index contributed by atoms with van der Waals surface area (Å²) in [6.07, 6.45) is 4.61. The molecule has 2 heterocycles. The maximum absolute atomic E-state index is 11.6. The third-order valence-electron chi connectivity index (χ3n) is 4.76. The molecule has 2 rings (SSSR count). The molecule has 5 heteroatoms. The largest absolute Gasteiger partial charge is 0.450 e. The fourth-order valence-electron chi connectivity index (χ4n) is 3.19. The maximum atomic E-state index is 11.6. The Kier molecular flexibility index (Phi) is 6.77. The van der Waals surface area contributed by atoms with E-state index in [0.29, 0.717) is 12.6 Å². The van der Waals surface area contributed by atoms with Crippen molar-refractivity contribution in [3.8, 4) is 0 Å². The minimum atomic E-state index is -0.154. The van der Waals surface area contributed by atoms with E-state index in [2.05, 4.69) is 17.1 Å². The average Bonchev–Trinajstić information content (AvgIpc) is 2.50. The number of likely N-dealkylation sites (tertiary alicyclic amines) is 2. The number of ether oxygens (including phenoxy) is 1. The summed E-state index contributed by atoms with van der Waals surface area (Å²) >= 11 is 0. The molecule has 0 unspecified atom stereocenters. The van der Waals surface area contributed by atoms with Gasteiger partial charge in [0.1, 0.15) is 0 Å². The first-order valence-corrected chi connectivity index (χ1v) is 8.56. The van der Waals surface area contributed by atoms with E-state index in [9.17, 15) is 4.79 Å². The lowest BCUT2D eigenvalue weighted by atomic mass is 9.99.